The molecule has 2 heterocycles. The first kappa shape index (κ1) is 17.4. The average Bonchev–Trinajstić information content (AvgIpc) is 3.21. The molecule has 25 heavy (non-hydrogen) atoms. The van der Waals surface area contributed by atoms with Crippen LogP contribution < -0.4 is 16.4 Å². The molecule has 2 saturated heterocycles. The van der Waals surface area contributed by atoms with E-state index in [-0.39, 0.29) is 24.4 Å². The van der Waals surface area contributed by atoms with Gasteiger partial charge in [0, 0.05) is 13.0 Å². The second-order valence-corrected chi connectivity index (χ2v) is 6.83. The van der Waals surface area contributed by atoms with Crippen LogP contribution in [-0.4, -0.2) is 53.8 Å². The molecule has 2 atom stereocenters. The van der Waals surface area contributed by atoms with Crippen LogP contribution in [0, 0.1) is 0 Å². The third kappa shape index (κ3) is 3.82. The highest BCUT2D eigenvalue weighted by Crippen LogP contribution is 2.28. The molecule has 7 heteroatoms. The number of primary amides is 1. The Kier molecular flexibility index (Phi) is 5.03. The van der Waals surface area contributed by atoms with Gasteiger partial charge in [-0.2, -0.15) is 0 Å². The maximum atomic E-state index is 13.0. The summed E-state index contributed by atoms with van der Waals surface area (Å²) in [5.41, 5.74) is 5.20. The van der Waals surface area contributed by atoms with Crippen LogP contribution in [-0.2, 0) is 20.8 Å². The van der Waals surface area contributed by atoms with E-state index in [1.54, 1.807) is 0 Å². The summed E-state index contributed by atoms with van der Waals surface area (Å²) in [5, 5.41) is 6.15. The van der Waals surface area contributed by atoms with Gasteiger partial charge in [-0.3, -0.25) is 14.4 Å². The summed E-state index contributed by atoms with van der Waals surface area (Å²) in [6.07, 6.45) is 2.59. The SMILES string of the molecule is NC(=O)CN1CC[C@@](Cc2ccccc2)(NC(=O)[C@@H]2CCCN2)C1=O. The van der Waals surface area contributed by atoms with Crippen molar-refractivity contribution in [3.05, 3.63) is 35.9 Å². The molecule has 0 unspecified atom stereocenters. The highest BCUT2D eigenvalue weighted by Gasteiger charge is 2.48. The van der Waals surface area contributed by atoms with Gasteiger partial charge in [-0.15, -0.1) is 0 Å². The molecule has 2 aliphatic heterocycles. The molecule has 3 rings (SSSR count). The van der Waals surface area contributed by atoms with Gasteiger partial charge in [0.15, 0.2) is 0 Å². The second-order valence-electron chi connectivity index (χ2n) is 6.83. The molecule has 2 fully saturated rings. The van der Waals surface area contributed by atoms with Gasteiger partial charge in [0.05, 0.1) is 12.6 Å². The molecule has 0 saturated carbocycles. The van der Waals surface area contributed by atoms with E-state index < -0.39 is 11.4 Å². The maximum Gasteiger partial charge on any atom is 0.249 e. The van der Waals surface area contributed by atoms with E-state index in [4.69, 9.17) is 5.73 Å². The van der Waals surface area contributed by atoms with Crippen LogP contribution >= 0.6 is 0 Å². The minimum Gasteiger partial charge on any atom is -0.368 e. The van der Waals surface area contributed by atoms with Crippen LogP contribution in [0.3, 0.4) is 0 Å². The third-order valence-corrected chi connectivity index (χ3v) is 4.94. The van der Waals surface area contributed by atoms with Crippen molar-refractivity contribution in [1.82, 2.24) is 15.5 Å². The van der Waals surface area contributed by atoms with Gasteiger partial charge in [-0.05, 0) is 31.4 Å². The normalized spacial score (nSPS) is 26.0. The predicted octanol–water partition coefficient (Wildman–Crippen LogP) is -0.446. The number of hydrogen-bond acceptors (Lipinski definition) is 4. The first-order valence-electron chi connectivity index (χ1n) is 8.67. The highest BCUT2D eigenvalue weighted by molar-refractivity contribution is 5.96. The number of rotatable bonds is 6. The largest absolute Gasteiger partial charge is 0.368 e. The molecule has 1 aromatic rings. The van der Waals surface area contributed by atoms with Crippen molar-refractivity contribution in [2.45, 2.75) is 37.3 Å². The summed E-state index contributed by atoms with van der Waals surface area (Å²) in [6.45, 7) is 1.10. The second kappa shape index (κ2) is 7.23. The number of likely N-dealkylation sites (tertiary alicyclic amines) is 1. The molecule has 0 aliphatic carbocycles. The zero-order valence-electron chi connectivity index (χ0n) is 14.2. The maximum absolute atomic E-state index is 13.0. The molecule has 0 spiro atoms. The van der Waals surface area contributed by atoms with Crippen LogP contribution in [0.15, 0.2) is 30.3 Å². The zero-order chi connectivity index (χ0) is 17.9. The van der Waals surface area contributed by atoms with Crippen molar-refractivity contribution in [2.75, 3.05) is 19.6 Å². The van der Waals surface area contributed by atoms with E-state index in [2.05, 4.69) is 10.6 Å². The van der Waals surface area contributed by atoms with Crippen molar-refractivity contribution in [2.24, 2.45) is 5.73 Å². The van der Waals surface area contributed by atoms with E-state index in [0.717, 1.165) is 24.9 Å². The Morgan fingerprint density at radius 1 is 1.32 bits per heavy atom. The van der Waals surface area contributed by atoms with Crippen LogP contribution in [0.4, 0.5) is 0 Å². The minimum absolute atomic E-state index is 0.118. The van der Waals surface area contributed by atoms with Crippen molar-refractivity contribution < 1.29 is 14.4 Å². The Hall–Kier alpha value is -2.41. The molecule has 7 nitrogen and oxygen atoms in total. The summed E-state index contributed by atoms with van der Waals surface area (Å²) >= 11 is 0. The van der Waals surface area contributed by atoms with Gasteiger partial charge in [-0.25, -0.2) is 0 Å². The van der Waals surface area contributed by atoms with Crippen LogP contribution in [0.2, 0.25) is 0 Å². The number of nitrogens with two attached hydrogens (primary N) is 1. The van der Waals surface area contributed by atoms with Crippen molar-refractivity contribution in [1.29, 1.82) is 0 Å². The van der Waals surface area contributed by atoms with E-state index in [0.29, 0.717) is 19.4 Å². The Bertz CT molecular complexity index is 658. The van der Waals surface area contributed by atoms with Crippen LogP contribution in [0.25, 0.3) is 0 Å². The fourth-order valence-corrected chi connectivity index (χ4v) is 3.68. The van der Waals surface area contributed by atoms with Crippen molar-refractivity contribution in [3.8, 4) is 0 Å². The summed E-state index contributed by atoms with van der Waals surface area (Å²) in [5.74, 6) is -0.933. The van der Waals surface area contributed by atoms with E-state index in [9.17, 15) is 14.4 Å². The van der Waals surface area contributed by atoms with Gasteiger partial charge in [-0.1, -0.05) is 30.3 Å². The number of nitrogens with one attached hydrogen (secondary N) is 2. The molecule has 0 radical (unpaired) electrons. The number of carbonyl (C=O) groups is 3. The zero-order valence-corrected chi connectivity index (χ0v) is 14.2. The molecule has 4 N–H and O–H groups in total. The average molecular weight is 344 g/mol. The fraction of sp³-hybridized carbons (Fsp3) is 0.500. The molecule has 3 amide bonds. The first-order chi connectivity index (χ1) is 12.0. The topological polar surface area (TPSA) is 105 Å². The molecule has 0 bridgehead atoms. The molecule has 2 aliphatic rings. The summed E-state index contributed by atoms with van der Waals surface area (Å²) in [6, 6.07) is 9.34. The van der Waals surface area contributed by atoms with Gasteiger partial charge >= 0.3 is 0 Å². The lowest BCUT2D eigenvalue weighted by Crippen LogP contribution is -2.59. The lowest BCUT2D eigenvalue weighted by Gasteiger charge is -2.30. The van der Waals surface area contributed by atoms with Gasteiger partial charge in [0.1, 0.15) is 5.54 Å². The lowest BCUT2D eigenvalue weighted by atomic mass is 9.88. The third-order valence-electron chi connectivity index (χ3n) is 4.94. The Labute approximate surface area is 146 Å². The molecular weight excluding hydrogens is 320 g/mol. The number of carbonyl (C=O) groups excluding carboxylic acids is 3. The molecule has 0 aromatic heterocycles. The minimum atomic E-state index is -1.02. The number of benzene rings is 1. The standard InChI is InChI=1S/C18H24N4O3/c19-15(23)12-22-10-8-18(17(22)25,11-13-5-2-1-3-6-13)21-16(24)14-7-4-9-20-14/h1-3,5-6,14,20H,4,7-12H2,(H2,19,23)(H,21,24)/t14-,18-/m0/s1. The fourth-order valence-electron chi connectivity index (χ4n) is 3.68. The summed E-state index contributed by atoms with van der Waals surface area (Å²) < 4.78 is 0. The lowest BCUT2D eigenvalue weighted by molar-refractivity contribution is -0.139. The first-order valence-corrected chi connectivity index (χ1v) is 8.67. The van der Waals surface area contributed by atoms with Crippen molar-refractivity contribution >= 4 is 17.7 Å². The quantitative estimate of drug-likeness (QED) is 0.650. The Morgan fingerprint density at radius 2 is 2.08 bits per heavy atom. The van der Waals surface area contributed by atoms with Gasteiger partial charge in [0.2, 0.25) is 17.7 Å². The van der Waals surface area contributed by atoms with Crippen LogP contribution in [0.1, 0.15) is 24.8 Å². The van der Waals surface area contributed by atoms with Crippen molar-refractivity contribution in [3.63, 3.8) is 0 Å². The molecule has 134 valence electrons. The van der Waals surface area contributed by atoms with E-state index in [1.807, 2.05) is 30.3 Å². The van der Waals surface area contributed by atoms with Gasteiger partial charge in [0.25, 0.3) is 0 Å². The van der Waals surface area contributed by atoms with E-state index in [1.165, 1.54) is 4.90 Å². The van der Waals surface area contributed by atoms with E-state index >= 15 is 0 Å². The predicted molar refractivity (Wildman–Crippen MR) is 92.4 cm³/mol. The smallest absolute Gasteiger partial charge is 0.249 e. The monoisotopic (exact) mass is 344 g/mol. The Morgan fingerprint density at radius 3 is 2.72 bits per heavy atom. The van der Waals surface area contributed by atoms with Gasteiger partial charge < -0.3 is 21.3 Å². The Balaban J connectivity index is 1.82. The number of amides is 3. The molecule has 1 aromatic carbocycles. The van der Waals surface area contributed by atoms with Crippen LogP contribution in [0.5, 0.6) is 0 Å². The highest BCUT2D eigenvalue weighted by atomic mass is 16.2. The molecular formula is C18H24N4O3. The summed E-state index contributed by atoms with van der Waals surface area (Å²) in [7, 11) is 0. The number of nitrogens with zero attached hydrogens (tertiary/aromatic N) is 1. The summed E-state index contributed by atoms with van der Waals surface area (Å²) in [4.78, 5) is 38.3. The number of hydrogen-bond donors (Lipinski definition) is 3.